The van der Waals surface area contributed by atoms with Gasteiger partial charge < -0.3 is 15.5 Å². The third-order valence-corrected chi connectivity index (χ3v) is 4.01. The first-order valence-electron chi connectivity index (χ1n) is 6.35. The Morgan fingerprint density at radius 3 is 3.05 bits per heavy atom. The van der Waals surface area contributed by atoms with E-state index in [0.29, 0.717) is 19.6 Å². The summed E-state index contributed by atoms with van der Waals surface area (Å²) in [5, 5.41) is 5.86. The van der Waals surface area contributed by atoms with Crippen LogP contribution in [0.2, 0.25) is 0 Å². The molecule has 0 aromatic carbocycles. The van der Waals surface area contributed by atoms with Crippen LogP contribution >= 0.6 is 11.3 Å². The van der Waals surface area contributed by atoms with Crippen molar-refractivity contribution in [1.29, 1.82) is 0 Å². The second-order valence-corrected chi connectivity index (χ2v) is 5.38. The molecule has 104 valence electrons. The molecule has 1 aliphatic rings. The van der Waals surface area contributed by atoms with Gasteiger partial charge in [0.1, 0.15) is 0 Å². The molecular weight excluding hydrogens is 264 g/mol. The molecule has 7 heteroatoms. The molecule has 6 nitrogen and oxygen atoms in total. The normalized spacial score (nSPS) is 15.9. The van der Waals surface area contributed by atoms with Gasteiger partial charge >= 0.3 is 11.8 Å². The molecule has 0 spiro atoms. The quantitative estimate of drug-likeness (QED) is 0.742. The fourth-order valence-electron chi connectivity index (χ4n) is 1.92. The number of aromatic nitrogens is 1. The van der Waals surface area contributed by atoms with E-state index in [4.69, 9.17) is 0 Å². The summed E-state index contributed by atoms with van der Waals surface area (Å²) in [6.07, 6.45) is 0.882. The predicted molar refractivity (Wildman–Crippen MR) is 72.8 cm³/mol. The predicted octanol–water partition coefficient (Wildman–Crippen LogP) is -0.110. The van der Waals surface area contributed by atoms with Gasteiger partial charge in [0.05, 0.1) is 17.7 Å². The monoisotopic (exact) mass is 282 g/mol. The SMILES string of the molecule is Cc1ncsc1CNC(=O)C(=O)N1CCCNCC1. The smallest absolute Gasteiger partial charge is 0.311 e. The van der Waals surface area contributed by atoms with Crippen molar-refractivity contribution >= 4 is 23.2 Å². The van der Waals surface area contributed by atoms with E-state index in [9.17, 15) is 9.59 Å². The molecule has 1 saturated heterocycles. The second-order valence-electron chi connectivity index (χ2n) is 4.44. The van der Waals surface area contributed by atoms with Crippen molar-refractivity contribution < 1.29 is 9.59 Å². The molecule has 0 radical (unpaired) electrons. The van der Waals surface area contributed by atoms with Crippen LogP contribution in [0.4, 0.5) is 0 Å². The summed E-state index contributed by atoms with van der Waals surface area (Å²) in [4.78, 5) is 30.5. The van der Waals surface area contributed by atoms with Gasteiger partial charge in [0.25, 0.3) is 0 Å². The number of amides is 2. The van der Waals surface area contributed by atoms with Crippen LogP contribution in [0.15, 0.2) is 5.51 Å². The zero-order valence-corrected chi connectivity index (χ0v) is 11.8. The third-order valence-electron chi connectivity index (χ3n) is 3.08. The maximum absolute atomic E-state index is 12.0. The lowest BCUT2D eigenvalue weighted by atomic mass is 10.3. The van der Waals surface area contributed by atoms with Gasteiger partial charge in [-0.25, -0.2) is 4.98 Å². The van der Waals surface area contributed by atoms with Crippen molar-refractivity contribution in [2.45, 2.75) is 19.9 Å². The maximum Gasteiger partial charge on any atom is 0.311 e. The Morgan fingerprint density at radius 2 is 2.32 bits per heavy atom. The van der Waals surface area contributed by atoms with Gasteiger partial charge in [-0.1, -0.05) is 0 Å². The molecule has 0 atom stereocenters. The van der Waals surface area contributed by atoms with Crippen LogP contribution in [0.25, 0.3) is 0 Å². The summed E-state index contributed by atoms with van der Waals surface area (Å²) >= 11 is 1.48. The average molecular weight is 282 g/mol. The number of carbonyl (C=O) groups excluding carboxylic acids is 2. The Kier molecular flexibility index (Phi) is 4.86. The number of nitrogens with one attached hydrogen (secondary N) is 2. The Morgan fingerprint density at radius 1 is 1.47 bits per heavy atom. The van der Waals surface area contributed by atoms with E-state index in [1.807, 2.05) is 6.92 Å². The van der Waals surface area contributed by atoms with Crippen molar-refractivity contribution in [1.82, 2.24) is 20.5 Å². The lowest BCUT2D eigenvalue weighted by Crippen LogP contribution is -2.44. The minimum atomic E-state index is -0.533. The van der Waals surface area contributed by atoms with E-state index in [1.54, 1.807) is 10.4 Å². The molecular formula is C12H18N4O2S. The fourth-order valence-corrected chi connectivity index (χ4v) is 2.64. The Bertz CT molecular complexity index is 452. The van der Waals surface area contributed by atoms with Gasteiger partial charge in [0.15, 0.2) is 0 Å². The molecule has 0 bridgehead atoms. The number of rotatable bonds is 2. The lowest BCUT2D eigenvalue weighted by molar-refractivity contribution is -0.145. The van der Waals surface area contributed by atoms with Gasteiger partial charge in [-0.15, -0.1) is 11.3 Å². The molecule has 1 aliphatic heterocycles. The molecule has 2 rings (SSSR count). The zero-order chi connectivity index (χ0) is 13.7. The minimum Gasteiger partial charge on any atom is -0.343 e. The minimum absolute atomic E-state index is 0.368. The van der Waals surface area contributed by atoms with E-state index < -0.39 is 11.8 Å². The first-order chi connectivity index (χ1) is 9.18. The average Bonchev–Trinajstić information content (AvgIpc) is 2.68. The molecule has 2 N–H and O–H groups in total. The molecule has 1 aromatic heterocycles. The first-order valence-corrected chi connectivity index (χ1v) is 7.23. The molecule has 1 aromatic rings. The van der Waals surface area contributed by atoms with E-state index in [-0.39, 0.29) is 0 Å². The lowest BCUT2D eigenvalue weighted by Gasteiger charge is -2.18. The Labute approximate surface area is 116 Å². The van der Waals surface area contributed by atoms with Gasteiger partial charge in [0.2, 0.25) is 0 Å². The summed E-state index contributed by atoms with van der Waals surface area (Å²) < 4.78 is 0. The summed E-state index contributed by atoms with van der Waals surface area (Å²) in [6.45, 7) is 5.12. The van der Waals surface area contributed by atoms with Crippen LogP contribution in [-0.4, -0.2) is 47.9 Å². The molecule has 0 saturated carbocycles. The Balaban J connectivity index is 1.85. The van der Waals surface area contributed by atoms with Gasteiger partial charge in [-0.05, 0) is 19.9 Å². The number of thiazole rings is 1. The zero-order valence-electron chi connectivity index (χ0n) is 10.9. The first kappa shape index (κ1) is 14.0. The van der Waals surface area contributed by atoms with Gasteiger partial charge in [-0.3, -0.25) is 9.59 Å². The van der Waals surface area contributed by atoms with Crippen LogP contribution in [-0.2, 0) is 16.1 Å². The van der Waals surface area contributed by atoms with Crippen LogP contribution < -0.4 is 10.6 Å². The highest BCUT2D eigenvalue weighted by molar-refractivity contribution is 7.09. The van der Waals surface area contributed by atoms with Gasteiger partial charge in [-0.2, -0.15) is 0 Å². The number of nitrogens with zero attached hydrogens (tertiary/aromatic N) is 2. The van der Waals surface area contributed by atoms with Crippen LogP contribution in [0.5, 0.6) is 0 Å². The summed E-state index contributed by atoms with van der Waals surface area (Å²) in [5.74, 6) is -0.972. The maximum atomic E-state index is 12.0. The summed E-state index contributed by atoms with van der Waals surface area (Å²) in [5.41, 5.74) is 2.63. The van der Waals surface area contributed by atoms with Crippen molar-refractivity contribution in [2.75, 3.05) is 26.2 Å². The molecule has 1 fully saturated rings. The van der Waals surface area contributed by atoms with Gasteiger partial charge in [0, 0.05) is 24.5 Å². The van der Waals surface area contributed by atoms with Crippen molar-refractivity contribution in [3.63, 3.8) is 0 Å². The van der Waals surface area contributed by atoms with E-state index in [0.717, 1.165) is 30.1 Å². The van der Waals surface area contributed by atoms with Crippen molar-refractivity contribution in [2.24, 2.45) is 0 Å². The largest absolute Gasteiger partial charge is 0.343 e. The molecule has 2 amide bonds. The molecule has 0 unspecified atom stereocenters. The topological polar surface area (TPSA) is 74.3 Å². The van der Waals surface area contributed by atoms with E-state index >= 15 is 0 Å². The van der Waals surface area contributed by atoms with Crippen LogP contribution in [0.1, 0.15) is 17.0 Å². The molecule has 0 aliphatic carbocycles. The van der Waals surface area contributed by atoms with E-state index in [1.165, 1.54) is 11.3 Å². The molecule has 2 heterocycles. The summed E-state index contributed by atoms with van der Waals surface area (Å²) in [6, 6.07) is 0. The highest BCUT2D eigenvalue weighted by Gasteiger charge is 2.22. The third kappa shape index (κ3) is 3.74. The number of aryl methyl sites for hydroxylation is 1. The van der Waals surface area contributed by atoms with Crippen LogP contribution in [0.3, 0.4) is 0 Å². The highest BCUT2D eigenvalue weighted by Crippen LogP contribution is 2.11. The molecule has 19 heavy (non-hydrogen) atoms. The second kappa shape index (κ2) is 6.63. The summed E-state index contributed by atoms with van der Waals surface area (Å²) in [7, 11) is 0. The Hall–Kier alpha value is -1.47. The standard InChI is InChI=1S/C12H18N4O2S/c1-9-10(19-8-15-9)7-14-11(17)12(18)16-5-2-3-13-4-6-16/h8,13H,2-7H2,1H3,(H,14,17). The van der Waals surface area contributed by atoms with Crippen molar-refractivity contribution in [3.8, 4) is 0 Å². The van der Waals surface area contributed by atoms with Crippen LogP contribution in [0, 0.1) is 6.92 Å². The van der Waals surface area contributed by atoms with Crippen molar-refractivity contribution in [3.05, 3.63) is 16.1 Å². The fraction of sp³-hybridized carbons (Fsp3) is 0.583. The highest BCUT2D eigenvalue weighted by atomic mass is 32.1. The number of hydrogen-bond acceptors (Lipinski definition) is 5. The number of carbonyl (C=O) groups is 2. The number of hydrogen-bond donors (Lipinski definition) is 2. The van der Waals surface area contributed by atoms with E-state index in [2.05, 4.69) is 15.6 Å².